The Labute approximate surface area is 557 Å². The fraction of sp³-hybridized carbons (Fsp3) is 0.167. The second kappa shape index (κ2) is 36.4. The number of benzene rings is 6. The Morgan fingerprint density at radius 3 is 1.19 bits per heavy atom. The third-order valence-corrected chi connectivity index (χ3v) is 15.4. The zero-order valence-corrected chi connectivity index (χ0v) is 56.7. The zero-order valence-electron chi connectivity index (χ0n) is 49.4. The molecule has 0 aliphatic heterocycles. The Morgan fingerprint density at radius 1 is 0.438 bits per heavy atom. The van der Waals surface area contributed by atoms with Gasteiger partial charge < -0.3 is 29.7 Å². The Hall–Kier alpha value is -7.24. The van der Waals surface area contributed by atoms with Gasteiger partial charge in [-0.25, -0.2) is 8.42 Å². The van der Waals surface area contributed by atoms with Crippen molar-refractivity contribution in [3.05, 3.63) is 266 Å². The molecule has 0 saturated carbocycles. The normalized spacial score (nSPS) is 10.6. The number of aromatic nitrogens is 4. The standard InChI is InChI=1S/C23H21NS.C23H20NS.2C11H8N.CHF3O3S.2CH4O.CH4.2Ir/c2*1-23(2,3)18-11-9-17(10-12-18)22-19-15-21(16-7-5-4-6-8-16)25-20(19)13-14-24-22;2*1-2-6-10(7-3-1)11-8-4-5-9-12-11;2-1(3,4)8(5,6)7;2*1-2;;;/h4-15H,1-3H3;4-9,11-15H,1-3H3;2*1-6,8-9H;(H,5,6,7);2*2H,1H3;1H4;;/q;3*-1;;;;;;/p-1. The van der Waals surface area contributed by atoms with E-state index in [1.54, 1.807) is 12.4 Å². The number of rotatable bonds is 6. The molecular weight excluding hydrogens is 1540 g/mol. The third-order valence-electron chi connectivity index (χ3n) is 12.5. The van der Waals surface area contributed by atoms with Gasteiger partial charge in [-0.3, -0.25) is 4.98 Å². The van der Waals surface area contributed by atoms with Gasteiger partial charge in [0.25, 0.3) is 0 Å². The first-order valence-corrected chi connectivity index (χ1v) is 30.0. The van der Waals surface area contributed by atoms with E-state index in [0.29, 0.717) is 0 Å². The van der Waals surface area contributed by atoms with E-state index in [4.69, 9.17) is 23.2 Å². The first-order valence-electron chi connectivity index (χ1n) is 26.9. The van der Waals surface area contributed by atoms with Crippen LogP contribution in [0, 0.1) is 18.2 Å². The van der Waals surface area contributed by atoms with Crippen molar-refractivity contribution in [2.45, 2.75) is 65.3 Å². The van der Waals surface area contributed by atoms with E-state index in [-0.39, 0.29) is 58.5 Å². The van der Waals surface area contributed by atoms with Gasteiger partial charge in [-0.1, -0.05) is 158 Å². The Balaban J connectivity index is 0.000000301. The zero-order chi connectivity index (χ0) is 62.3. The van der Waals surface area contributed by atoms with Crippen LogP contribution in [0.5, 0.6) is 0 Å². The molecule has 0 spiro atoms. The molecule has 6 aromatic heterocycles. The average Bonchev–Trinajstić information content (AvgIpc) is 1.77. The van der Waals surface area contributed by atoms with Gasteiger partial charge in [0.1, 0.15) is 0 Å². The second-order valence-corrected chi connectivity index (χ2v) is 24.1. The van der Waals surface area contributed by atoms with E-state index < -0.39 is 15.6 Å². The number of hydrogen-bond acceptors (Lipinski definition) is 11. The Kier molecular flexibility index (Phi) is 31.1. The number of hydrogen-bond donors (Lipinski definition) is 2. The van der Waals surface area contributed by atoms with Crippen LogP contribution >= 0.6 is 22.7 Å². The molecule has 0 aliphatic rings. The molecule has 468 valence electrons. The van der Waals surface area contributed by atoms with E-state index in [2.05, 4.69) is 207 Å². The summed E-state index contributed by atoms with van der Waals surface area (Å²) in [6.45, 7) is 13.4. The molecule has 0 atom stereocenters. The minimum absolute atomic E-state index is 0. The first kappa shape index (κ1) is 76.0. The Bertz CT molecular complexity index is 3730. The summed E-state index contributed by atoms with van der Waals surface area (Å²) in [6.07, 6.45) is 7.39. The van der Waals surface area contributed by atoms with Crippen LogP contribution in [0.4, 0.5) is 13.2 Å². The largest absolute Gasteiger partial charge is 0.741 e. The third kappa shape index (κ3) is 22.3. The van der Waals surface area contributed by atoms with Gasteiger partial charge in [-0.05, 0) is 86.4 Å². The summed E-state index contributed by atoms with van der Waals surface area (Å²) in [5.74, 6) is 0. The molecule has 2 N–H and O–H groups in total. The fourth-order valence-corrected chi connectivity index (χ4v) is 10.3. The van der Waals surface area contributed by atoms with E-state index >= 15 is 0 Å². The number of aliphatic hydroxyl groups is 2. The van der Waals surface area contributed by atoms with Gasteiger partial charge >= 0.3 is 5.51 Å². The van der Waals surface area contributed by atoms with Crippen LogP contribution in [-0.4, -0.2) is 62.8 Å². The number of halogens is 3. The van der Waals surface area contributed by atoms with E-state index in [1.807, 2.05) is 120 Å². The van der Waals surface area contributed by atoms with Crippen LogP contribution in [-0.2, 0) is 61.2 Å². The summed E-state index contributed by atoms with van der Waals surface area (Å²) < 4.78 is 61.4. The van der Waals surface area contributed by atoms with Crippen LogP contribution < -0.4 is 0 Å². The topological polar surface area (TPSA) is 149 Å². The molecule has 12 aromatic rings. The van der Waals surface area contributed by atoms with Crippen molar-refractivity contribution in [2.75, 3.05) is 14.2 Å². The molecule has 6 heterocycles. The summed E-state index contributed by atoms with van der Waals surface area (Å²) >= 11 is 3.64. The maximum atomic E-state index is 10.7. The van der Waals surface area contributed by atoms with Crippen molar-refractivity contribution in [1.82, 2.24) is 19.9 Å². The predicted octanol–water partition coefficient (Wildman–Crippen LogP) is 18.7. The van der Waals surface area contributed by atoms with Gasteiger partial charge in [0, 0.05) is 109 Å². The smallest absolute Gasteiger partial charge is 0.485 e. The van der Waals surface area contributed by atoms with Crippen LogP contribution in [0.15, 0.2) is 237 Å². The molecule has 0 unspecified atom stereocenters. The van der Waals surface area contributed by atoms with Crippen LogP contribution in [0.3, 0.4) is 0 Å². The maximum Gasteiger partial charge on any atom is 0.485 e. The summed E-state index contributed by atoms with van der Waals surface area (Å²) in [7, 11) is -4.09. The molecule has 0 fully saturated rings. The minimum Gasteiger partial charge on any atom is -0.741 e. The minimum atomic E-state index is -6.09. The van der Waals surface area contributed by atoms with Crippen molar-refractivity contribution in [1.29, 1.82) is 0 Å². The molecule has 89 heavy (non-hydrogen) atoms. The van der Waals surface area contributed by atoms with Gasteiger partial charge in [0.2, 0.25) is 0 Å². The van der Waals surface area contributed by atoms with Crippen molar-refractivity contribution in [3.8, 4) is 65.9 Å². The van der Waals surface area contributed by atoms with E-state index in [1.165, 1.54) is 57.7 Å². The molecule has 12 rings (SSSR count). The molecule has 9 nitrogen and oxygen atoms in total. The molecule has 0 amide bonds. The second-order valence-electron chi connectivity index (χ2n) is 20.5. The summed E-state index contributed by atoms with van der Waals surface area (Å²) in [5.41, 5.74) is 8.13. The number of thiophene rings is 2. The molecule has 0 saturated heterocycles. The van der Waals surface area contributed by atoms with Crippen LogP contribution in [0.2, 0.25) is 0 Å². The summed E-state index contributed by atoms with van der Waals surface area (Å²) in [4.78, 5) is 20.3. The average molecular weight is 1610 g/mol. The maximum absolute atomic E-state index is 10.7. The number of pyridine rings is 4. The molecule has 17 heteroatoms. The van der Waals surface area contributed by atoms with Crippen molar-refractivity contribution in [2.24, 2.45) is 0 Å². The monoisotopic (exact) mass is 1610 g/mol. The van der Waals surface area contributed by atoms with Gasteiger partial charge in [0.05, 0.1) is 5.69 Å². The fourth-order valence-electron chi connectivity index (χ4n) is 8.18. The number of aliphatic hydroxyl groups excluding tert-OH is 2. The number of fused-ring (bicyclic) bond motifs is 2. The summed E-state index contributed by atoms with van der Waals surface area (Å²) in [5, 5.41) is 16.4. The van der Waals surface area contributed by atoms with Crippen LogP contribution in [0.1, 0.15) is 60.1 Å². The Morgan fingerprint density at radius 2 is 0.831 bits per heavy atom. The number of nitrogens with zero attached hydrogens (tertiary/aromatic N) is 4. The first-order chi connectivity index (χ1) is 41.2. The van der Waals surface area contributed by atoms with Gasteiger partial charge in [-0.2, -0.15) is 13.2 Å². The quantitative estimate of drug-likeness (QED) is 0.0942. The molecular formula is C72H69F3Ir2N4O5S3-4. The summed E-state index contributed by atoms with van der Waals surface area (Å²) in [6, 6.07) is 82.2. The SMILES string of the molecule is C.CC(C)(C)c1c[c-]c(-c2nccc3sc(-c4ccccc4)cc23)cc1.CC(C)(C)c1ccc(-c2nccc3sc(-c4ccccc4)cc23)cc1.CO.CO.O=S(=O)([O-])C(F)(F)F.[Ir].[Ir].[c-]1ccccc1-c1ccccn1.[c-]1ccccc1-c1ccccn1. The molecule has 0 bridgehead atoms. The predicted molar refractivity (Wildman–Crippen MR) is 353 cm³/mol. The van der Waals surface area contributed by atoms with Gasteiger partial charge in [-0.15, -0.1) is 130 Å². The molecule has 0 aliphatic carbocycles. The number of alkyl halides is 3. The molecule has 2 radical (unpaired) electrons. The molecule has 6 aromatic carbocycles. The van der Waals surface area contributed by atoms with Crippen molar-refractivity contribution < 1.29 is 76.6 Å². The van der Waals surface area contributed by atoms with Gasteiger partial charge in [0.15, 0.2) is 10.1 Å². The van der Waals surface area contributed by atoms with Crippen molar-refractivity contribution in [3.63, 3.8) is 0 Å². The van der Waals surface area contributed by atoms with Crippen LogP contribution in [0.25, 0.3) is 86.1 Å². The van der Waals surface area contributed by atoms with E-state index in [0.717, 1.165) is 53.7 Å². The van der Waals surface area contributed by atoms with E-state index in [9.17, 15) is 13.2 Å². The van der Waals surface area contributed by atoms with Crippen molar-refractivity contribution >= 4 is 53.0 Å².